The number of amides is 1. The SMILES string of the molecule is CC(C)(C)c1nnc(C23CCC(CN(C(=O)CC4CCC(F)(F)CC4)c4cccc(-c5cc(C6CC6)on5)c4)(CC2)CC3)o1. The summed E-state index contributed by atoms with van der Waals surface area (Å²) < 4.78 is 39.7. The van der Waals surface area contributed by atoms with Crippen molar-refractivity contribution in [2.24, 2.45) is 11.3 Å². The number of hydrogen-bond acceptors (Lipinski definition) is 6. The Hall–Kier alpha value is -3.10. The molecule has 0 radical (unpaired) electrons. The van der Waals surface area contributed by atoms with E-state index in [0.717, 1.165) is 80.0 Å². The maximum atomic E-state index is 14.1. The first-order chi connectivity index (χ1) is 20.9. The monoisotopic (exact) mass is 606 g/mol. The van der Waals surface area contributed by atoms with Crippen LogP contribution in [0.5, 0.6) is 0 Å². The van der Waals surface area contributed by atoms with Crippen LogP contribution in [-0.4, -0.2) is 33.7 Å². The Balaban J connectivity index is 1.12. The lowest BCUT2D eigenvalue weighted by Crippen LogP contribution is -2.51. The highest BCUT2D eigenvalue weighted by atomic mass is 19.3. The van der Waals surface area contributed by atoms with E-state index in [1.807, 2.05) is 35.2 Å². The molecule has 9 heteroatoms. The van der Waals surface area contributed by atoms with Crippen molar-refractivity contribution in [2.75, 3.05) is 11.4 Å². The van der Waals surface area contributed by atoms with Gasteiger partial charge in [0.25, 0.3) is 0 Å². The number of anilines is 1. The Morgan fingerprint density at radius 3 is 2.30 bits per heavy atom. The molecule has 0 spiro atoms. The average Bonchev–Trinajstić information content (AvgIpc) is 3.49. The first-order valence-electron chi connectivity index (χ1n) is 16.5. The summed E-state index contributed by atoms with van der Waals surface area (Å²) in [4.78, 5) is 16.1. The van der Waals surface area contributed by atoms with E-state index in [2.05, 4.69) is 36.1 Å². The van der Waals surface area contributed by atoms with Gasteiger partial charge in [-0.3, -0.25) is 4.79 Å². The number of benzene rings is 1. The van der Waals surface area contributed by atoms with Gasteiger partial charge in [0, 0.05) is 59.9 Å². The van der Waals surface area contributed by atoms with Gasteiger partial charge in [-0.1, -0.05) is 38.1 Å². The number of aromatic nitrogens is 3. The van der Waals surface area contributed by atoms with Crippen molar-refractivity contribution < 1.29 is 22.5 Å². The van der Waals surface area contributed by atoms with Crippen LogP contribution in [0.25, 0.3) is 11.3 Å². The number of carbonyl (C=O) groups is 1. The summed E-state index contributed by atoms with van der Waals surface area (Å²) in [6.45, 7) is 6.88. The van der Waals surface area contributed by atoms with Gasteiger partial charge in [-0.15, -0.1) is 10.2 Å². The lowest BCUT2D eigenvalue weighted by atomic mass is 9.53. The predicted octanol–water partition coefficient (Wildman–Crippen LogP) is 8.74. The van der Waals surface area contributed by atoms with E-state index in [1.54, 1.807) is 0 Å². The van der Waals surface area contributed by atoms with E-state index < -0.39 is 5.92 Å². The largest absolute Gasteiger partial charge is 0.424 e. The molecule has 236 valence electrons. The lowest BCUT2D eigenvalue weighted by Gasteiger charge is -2.53. The standard InChI is InChI=1S/C35H44F2N4O3/c1-32(2,3)30-38-39-31(43-30)34-16-13-33(14-17-34,15-18-34)22-41(29(42)19-23-9-11-35(36,37)12-10-23)26-6-4-5-25(20-26)27-21-28(44-40-27)24-7-8-24/h4-6,20-21,23-24H,7-19,22H2,1-3H3. The van der Waals surface area contributed by atoms with Crippen LogP contribution in [0, 0.1) is 11.3 Å². The third kappa shape index (κ3) is 5.83. The fraction of sp³-hybridized carbons (Fsp3) is 0.657. The quantitative estimate of drug-likeness (QED) is 0.255. The van der Waals surface area contributed by atoms with Crippen LogP contribution in [0.1, 0.15) is 128 Å². The first-order valence-corrected chi connectivity index (χ1v) is 16.5. The van der Waals surface area contributed by atoms with Crippen LogP contribution in [0.15, 0.2) is 39.3 Å². The van der Waals surface area contributed by atoms with Crippen LogP contribution in [-0.2, 0) is 15.6 Å². The highest BCUT2D eigenvalue weighted by Crippen LogP contribution is 2.58. The van der Waals surface area contributed by atoms with Crippen molar-refractivity contribution in [3.8, 4) is 11.3 Å². The van der Waals surface area contributed by atoms with Crippen molar-refractivity contribution in [3.05, 3.63) is 47.9 Å². The molecule has 44 heavy (non-hydrogen) atoms. The van der Waals surface area contributed by atoms with Gasteiger partial charge in [-0.2, -0.15) is 0 Å². The fourth-order valence-corrected chi connectivity index (χ4v) is 7.70. The molecule has 3 aromatic rings. The molecule has 5 saturated carbocycles. The molecule has 7 nitrogen and oxygen atoms in total. The Bertz CT molecular complexity index is 1480. The molecular formula is C35H44F2N4O3. The molecule has 5 aliphatic rings. The third-order valence-corrected chi connectivity index (χ3v) is 11.0. The topological polar surface area (TPSA) is 85.3 Å². The van der Waals surface area contributed by atoms with Crippen LogP contribution in [0.3, 0.4) is 0 Å². The second-order valence-corrected chi connectivity index (χ2v) is 15.4. The molecular weight excluding hydrogens is 562 g/mol. The zero-order chi connectivity index (χ0) is 30.7. The summed E-state index contributed by atoms with van der Waals surface area (Å²) in [6, 6.07) is 10.0. The normalized spacial score (nSPS) is 27.0. The highest BCUT2D eigenvalue weighted by Gasteiger charge is 2.53. The summed E-state index contributed by atoms with van der Waals surface area (Å²) in [5, 5.41) is 13.2. The Kier molecular flexibility index (Phi) is 7.24. The van der Waals surface area contributed by atoms with Gasteiger partial charge >= 0.3 is 0 Å². The maximum absolute atomic E-state index is 14.1. The molecule has 2 aromatic heterocycles. The van der Waals surface area contributed by atoms with Crippen molar-refractivity contribution in [3.63, 3.8) is 0 Å². The van der Waals surface area contributed by atoms with Crippen molar-refractivity contribution in [1.29, 1.82) is 0 Å². The van der Waals surface area contributed by atoms with E-state index >= 15 is 0 Å². The van der Waals surface area contributed by atoms with Gasteiger partial charge < -0.3 is 13.8 Å². The molecule has 2 bridgehead atoms. The molecule has 0 atom stereocenters. The zero-order valence-electron chi connectivity index (χ0n) is 26.2. The van der Waals surface area contributed by atoms with Crippen LogP contribution >= 0.6 is 0 Å². The van der Waals surface area contributed by atoms with E-state index in [1.165, 1.54) is 0 Å². The average molecular weight is 607 g/mol. The first kappa shape index (κ1) is 29.6. The summed E-state index contributed by atoms with van der Waals surface area (Å²) in [7, 11) is 0. The maximum Gasteiger partial charge on any atom is 0.248 e. The lowest BCUT2D eigenvalue weighted by molar-refractivity contribution is -0.121. The molecule has 0 N–H and O–H groups in total. The van der Waals surface area contributed by atoms with Crippen molar-refractivity contribution in [1.82, 2.24) is 15.4 Å². The Morgan fingerprint density at radius 2 is 1.66 bits per heavy atom. The molecule has 0 saturated heterocycles. The van der Waals surface area contributed by atoms with E-state index in [9.17, 15) is 13.6 Å². The minimum Gasteiger partial charge on any atom is -0.424 e. The molecule has 8 rings (SSSR count). The minimum atomic E-state index is -2.61. The molecule has 5 aliphatic carbocycles. The Labute approximate surface area is 258 Å². The van der Waals surface area contributed by atoms with Gasteiger partial charge in [0.15, 0.2) is 0 Å². The van der Waals surface area contributed by atoms with Crippen molar-refractivity contribution >= 4 is 11.6 Å². The molecule has 2 heterocycles. The summed E-state index contributed by atoms with van der Waals surface area (Å²) in [5.41, 5.74) is 2.25. The molecule has 1 amide bonds. The third-order valence-electron chi connectivity index (χ3n) is 11.0. The summed E-state index contributed by atoms with van der Waals surface area (Å²) in [6.07, 6.45) is 8.92. The second kappa shape index (κ2) is 10.8. The summed E-state index contributed by atoms with van der Waals surface area (Å²) in [5.74, 6) is 0.251. The molecule has 0 aliphatic heterocycles. The number of rotatable bonds is 8. The van der Waals surface area contributed by atoms with Crippen LogP contribution in [0.4, 0.5) is 14.5 Å². The van der Waals surface area contributed by atoms with E-state index in [-0.39, 0.29) is 40.9 Å². The highest BCUT2D eigenvalue weighted by molar-refractivity contribution is 5.94. The molecule has 5 fully saturated rings. The van der Waals surface area contributed by atoms with Gasteiger partial charge in [0.05, 0.1) is 0 Å². The fourth-order valence-electron chi connectivity index (χ4n) is 7.70. The Morgan fingerprint density at radius 1 is 0.955 bits per heavy atom. The number of fused-ring (bicyclic) bond motifs is 3. The van der Waals surface area contributed by atoms with Crippen molar-refractivity contribution in [2.45, 2.75) is 127 Å². The van der Waals surface area contributed by atoms with E-state index in [4.69, 9.17) is 8.94 Å². The minimum absolute atomic E-state index is 0.00702. The van der Waals surface area contributed by atoms with Gasteiger partial charge in [-0.25, -0.2) is 8.78 Å². The number of carbonyl (C=O) groups excluding carboxylic acids is 1. The number of hydrogen-bond donors (Lipinski definition) is 0. The predicted molar refractivity (Wildman–Crippen MR) is 163 cm³/mol. The van der Waals surface area contributed by atoms with Crippen LogP contribution in [0.2, 0.25) is 0 Å². The summed E-state index contributed by atoms with van der Waals surface area (Å²) >= 11 is 0. The van der Waals surface area contributed by atoms with Crippen LogP contribution < -0.4 is 4.90 Å². The van der Waals surface area contributed by atoms with Gasteiger partial charge in [0.1, 0.15) is 11.5 Å². The zero-order valence-corrected chi connectivity index (χ0v) is 26.2. The van der Waals surface area contributed by atoms with Gasteiger partial charge in [-0.05, 0) is 87.7 Å². The molecule has 0 unspecified atom stereocenters. The number of alkyl halides is 2. The van der Waals surface area contributed by atoms with Gasteiger partial charge in [0.2, 0.25) is 23.6 Å². The smallest absolute Gasteiger partial charge is 0.248 e. The number of halogens is 2. The van der Waals surface area contributed by atoms with E-state index in [0.29, 0.717) is 37.6 Å². The molecule has 1 aromatic carbocycles. The second-order valence-electron chi connectivity index (χ2n) is 15.4. The number of nitrogens with zero attached hydrogens (tertiary/aromatic N) is 4.